The van der Waals surface area contributed by atoms with Crippen LogP contribution in [-0.4, -0.2) is 24.8 Å². The first-order valence-corrected chi connectivity index (χ1v) is 8.17. The van der Waals surface area contributed by atoms with Crippen LogP contribution in [-0.2, 0) is 4.74 Å². The molecule has 0 aromatic heterocycles. The number of hydrogen-bond acceptors (Lipinski definition) is 3. The van der Waals surface area contributed by atoms with Gasteiger partial charge in [-0.2, -0.15) is 0 Å². The van der Waals surface area contributed by atoms with E-state index in [4.69, 9.17) is 21.1 Å². The molecule has 1 fully saturated rings. The predicted molar refractivity (Wildman–Crippen MR) is 87.7 cm³/mol. The van der Waals surface area contributed by atoms with Crippen LogP contribution < -0.4 is 10.1 Å². The fourth-order valence-electron chi connectivity index (χ4n) is 2.50. The lowest BCUT2D eigenvalue weighted by Gasteiger charge is -2.19. The molecule has 0 heterocycles. The van der Waals surface area contributed by atoms with Crippen molar-refractivity contribution in [1.82, 2.24) is 5.32 Å². The number of carbonyl (C=O) groups is 1. The van der Waals surface area contributed by atoms with Crippen LogP contribution in [0, 0.1) is 11.7 Å². The fourth-order valence-corrected chi connectivity index (χ4v) is 2.67. The van der Waals surface area contributed by atoms with E-state index in [1.165, 1.54) is 6.07 Å². The summed E-state index contributed by atoms with van der Waals surface area (Å²) in [6, 6.07) is 2.96. The Morgan fingerprint density at radius 2 is 2.13 bits per heavy atom. The summed E-state index contributed by atoms with van der Waals surface area (Å²) in [4.78, 5) is 11.7. The minimum absolute atomic E-state index is 0.0919. The van der Waals surface area contributed by atoms with E-state index >= 15 is 0 Å². The van der Waals surface area contributed by atoms with Gasteiger partial charge in [-0.3, -0.25) is 0 Å². The topological polar surface area (TPSA) is 47.6 Å². The largest absolute Gasteiger partial charge is 0.493 e. The monoisotopic (exact) mass is 343 g/mol. The Morgan fingerprint density at radius 3 is 2.74 bits per heavy atom. The van der Waals surface area contributed by atoms with Gasteiger partial charge >= 0.3 is 6.09 Å². The van der Waals surface area contributed by atoms with E-state index in [2.05, 4.69) is 5.32 Å². The second-order valence-electron chi connectivity index (χ2n) is 6.72. The molecule has 0 unspecified atom stereocenters. The summed E-state index contributed by atoms with van der Waals surface area (Å²) < 4.78 is 24.3. The highest BCUT2D eigenvalue weighted by atomic mass is 35.5. The molecule has 1 saturated carbocycles. The van der Waals surface area contributed by atoms with Crippen molar-refractivity contribution >= 4 is 17.7 Å². The number of benzene rings is 1. The van der Waals surface area contributed by atoms with Crippen LogP contribution in [0.3, 0.4) is 0 Å². The summed E-state index contributed by atoms with van der Waals surface area (Å²) in [6.07, 6.45) is 0.475. The molecular formula is C17H23ClFNO3. The van der Waals surface area contributed by atoms with E-state index in [0.29, 0.717) is 18.9 Å². The Hall–Kier alpha value is -1.49. The summed E-state index contributed by atoms with van der Waals surface area (Å²) >= 11 is 5.89. The second kappa shape index (κ2) is 6.95. The second-order valence-corrected chi connectivity index (χ2v) is 7.13. The quantitative estimate of drug-likeness (QED) is 0.855. The lowest BCUT2D eigenvalue weighted by Crippen LogP contribution is -2.33. The zero-order chi connectivity index (χ0) is 17.2. The third-order valence-electron chi connectivity index (χ3n) is 3.58. The van der Waals surface area contributed by atoms with Crippen LogP contribution in [0.5, 0.6) is 5.75 Å². The molecule has 0 aliphatic heterocycles. The number of carbonyl (C=O) groups excluding carboxylic acids is 1. The first kappa shape index (κ1) is 17.9. The summed E-state index contributed by atoms with van der Waals surface area (Å²) in [5, 5.41) is 2.86. The first-order valence-electron chi connectivity index (χ1n) is 7.80. The van der Waals surface area contributed by atoms with Crippen molar-refractivity contribution < 1.29 is 18.7 Å². The Bertz CT molecular complexity index is 586. The first-order chi connectivity index (χ1) is 10.7. The number of halogens is 2. The minimum atomic E-state index is -0.514. The highest BCUT2D eigenvalue weighted by Crippen LogP contribution is 2.51. The van der Waals surface area contributed by atoms with Gasteiger partial charge in [0.15, 0.2) is 0 Å². The molecule has 128 valence electrons. The molecule has 6 heteroatoms. The van der Waals surface area contributed by atoms with Crippen molar-refractivity contribution in [3.05, 3.63) is 28.5 Å². The maximum absolute atomic E-state index is 13.6. The Kier molecular flexibility index (Phi) is 5.40. The van der Waals surface area contributed by atoms with Crippen LogP contribution in [0.15, 0.2) is 12.1 Å². The van der Waals surface area contributed by atoms with Gasteiger partial charge in [-0.1, -0.05) is 11.6 Å². The van der Waals surface area contributed by atoms with Crippen LogP contribution in [0.1, 0.15) is 45.6 Å². The van der Waals surface area contributed by atoms with Crippen LogP contribution in [0.4, 0.5) is 9.18 Å². The van der Waals surface area contributed by atoms with Crippen LogP contribution in [0.2, 0.25) is 5.02 Å². The molecule has 0 spiro atoms. The molecule has 23 heavy (non-hydrogen) atoms. The number of hydrogen-bond donors (Lipinski definition) is 1. The highest BCUT2D eigenvalue weighted by molar-refractivity contribution is 6.30. The van der Waals surface area contributed by atoms with E-state index in [-0.39, 0.29) is 16.9 Å². The third kappa shape index (κ3) is 4.99. The number of nitrogens with one attached hydrogen (secondary N) is 1. The Labute approximate surface area is 141 Å². The van der Waals surface area contributed by atoms with Crippen molar-refractivity contribution in [3.63, 3.8) is 0 Å². The van der Waals surface area contributed by atoms with Crippen LogP contribution in [0.25, 0.3) is 0 Å². The maximum Gasteiger partial charge on any atom is 0.407 e. The van der Waals surface area contributed by atoms with Gasteiger partial charge in [-0.15, -0.1) is 0 Å². The van der Waals surface area contributed by atoms with Crippen molar-refractivity contribution in [1.29, 1.82) is 0 Å². The van der Waals surface area contributed by atoms with Gasteiger partial charge in [0.1, 0.15) is 17.2 Å². The molecule has 2 rings (SSSR count). The van der Waals surface area contributed by atoms with Crippen molar-refractivity contribution in [2.75, 3.05) is 13.2 Å². The molecule has 1 aromatic rings. The lowest BCUT2D eigenvalue weighted by atomic mass is 10.1. The maximum atomic E-state index is 13.6. The van der Waals surface area contributed by atoms with E-state index < -0.39 is 17.5 Å². The van der Waals surface area contributed by atoms with E-state index in [1.807, 2.05) is 27.7 Å². The summed E-state index contributed by atoms with van der Waals surface area (Å²) in [7, 11) is 0. The number of ether oxygens (including phenoxy) is 2. The van der Waals surface area contributed by atoms with Gasteiger partial charge in [-0.25, -0.2) is 9.18 Å². The predicted octanol–water partition coefficient (Wildman–Crippen LogP) is 4.51. The zero-order valence-electron chi connectivity index (χ0n) is 13.9. The average molecular weight is 344 g/mol. The molecule has 0 saturated heterocycles. The van der Waals surface area contributed by atoms with E-state index in [1.54, 1.807) is 6.07 Å². The van der Waals surface area contributed by atoms with Crippen molar-refractivity contribution in [3.8, 4) is 5.75 Å². The molecule has 1 amide bonds. The van der Waals surface area contributed by atoms with Gasteiger partial charge in [0, 0.05) is 12.6 Å². The van der Waals surface area contributed by atoms with E-state index in [9.17, 15) is 9.18 Å². The minimum Gasteiger partial charge on any atom is -0.493 e. The molecule has 1 aromatic carbocycles. The molecular weight excluding hydrogens is 321 g/mol. The zero-order valence-corrected chi connectivity index (χ0v) is 14.7. The SMILES string of the molecule is CCOc1cc(F)c(Cl)cc1[C@@H]1C[C@H]1CNC(=O)OC(C)(C)C. The smallest absolute Gasteiger partial charge is 0.407 e. The van der Waals surface area contributed by atoms with Crippen molar-refractivity contribution in [2.45, 2.75) is 45.6 Å². The van der Waals surface area contributed by atoms with Crippen LogP contribution >= 0.6 is 11.6 Å². The molecule has 4 nitrogen and oxygen atoms in total. The standard InChI is InChI=1S/C17H23ClFNO3/c1-5-22-15-8-14(19)13(18)7-12(15)11-6-10(11)9-20-16(21)23-17(2,3)4/h7-8,10-11H,5-6,9H2,1-4H3,(H,20,21)/t10-,11+/m0/s1. The average Bonchev–Trinajstić information content (AvgIpc) is 3.18. The molecule has 1 aliphatic rings. The number of alkyl carbamates (subject to hydrolysis) is 1. The van der Waals surface area contributed by atoms with E-state index in [0.717, 1.165) is 12.0 Å². The molecule has 1 aliphatic carbocycles. The number of amides is 1. The third-order valence-corrected chi connectivity index (χ3v) is 3.87. The summed E-state index contributed by atoms with van der Waals surface area (Å²) in [5.74, 6) is 0.537. The van der Waals surface area contributed by atoms with Gasteiger partial charge in [-0.05, 0) is 57.6 Å². The number of rotatable bonds is 5. The van der Waals surface area contributed by atoms with Gasteiger partial charge in [0.25, 0.3) is 0 Å². The molecule has 0 bridgehead atoms. The summed E-state index contributed by atoms with van der Waals surface area (Å²) in [6.45, 7) is 8.29. The highest BCUT2D eigenvalue weighted by Gasteiger charge is 2.40. The Morgan fingerprint density at radius 1 is 1.43 bits per heavy atom. The normalized spacial score (nSPS) is 20.1. The van der Waals surface area contributed by atoms with Gasteiger partial charge in [0.2, 0.25) is 0 Å². The molecule has 2 atom stereocenters. The van der Waals surface area contributed by atoms with Gasteiger partial charge in [0.05, 0.1) is 11.6 Å². The van der Waals surface area contributed by atoms with Crippen molar-refractivity contribution in [2.24, 2.45) is 5.92 Å². The Balaban J connectivity index is 1.95. The molecule has 0 radical (unpaired) electrons. The van der Waals surface area contributed by atoms with Gasteiger partial charge < -0.3 is 14.8 Å². The fraction of sp³-hybridized carbons (Fsp3) is 0.588. The molecule has 1 N–H and O–H groups in total. The summed E-state index contributed by atoms with van der Waals surface area (Å²) in [5.41, 5.74) is 0.383. The lowest BCUT2D eigenvalue weighted by molar-refractivity contribution is 0.0525.